The minimum absolute atomic E-state index is 0.238. The summed E-state index contributed by atoms with van der Waals surface area (Å²) >= 11 is 4.71. The fraction of sp³-hybridized carbons (Fsp3) is 0.250. The number of nitrogens with two attached hydrogens (primary N) is 1. The molecule has 0 aromatic carbocycles. The number of carbonyl (C=O) groups is 1. The first kappa shape index (κ1) is 10.5. The van der Waals surface area contributed by atoms with Crippen LogP contribution >= 0.6 is 12.2 Å². The van der Waals surface area contributed by atoms with Crippen molar-refractivity contribution in [1.82, 2.24) is 15.3 Å². The minimum atomic E-state index is -0.348. The molecule has 0 fully saturated rings. The van der Waals surface area contributed by atoms with Crippen molar-refractivity contribution in [2.45, 2.75) is 13.0 Å². The van der Waals surface area contributed by atoms with Crippen LogP contribution in [0.2, 0.25) is 0 Å². The van der Waals surface area contributed by atoms with Crippen LogP contribution in [0, 0.1) is 0 Å². The van der Waals surface area contributed by atoms with Gasteiger partial charge in [-0.2, -0.15) is 0 Å². The van der Waals surface area contributed by atoms with Crippen LogP contribution in [0.15, 0.2) is 18.6 Å². The third-order valence-electron chi connectivity index (χ3n) is 1.57. The second kappa shape index (κ2) is 4.61. The number of nitrogens with zero attached hydrogens (tertiary/aromatic N) is 2. The molecule has 1 aromatic rings. The summed E-state index contributed by atoms with van der Waals surface area (Å²) < 4.78 is 0. The first-order valence-electron chi connectivity index (χ1n) is 3.97. The summed E-state index contributed by atoms with van der Waals surface area (Å²) in [5, 5.41) is 2.59. The van der Waals surface area contributed by atoms with E-state index in [1.165, 1.54) is 18.6 Å². The Hall–Kier alpha value is -1.56. The molecule has 6 heteroatoms. The quantitative estimate of drug-likeness (QED) is 0.680. The first-order chi connectivity index (χ1) is 6.61. The number of hydrogen-bond acceptors (Lipinski definition) is 4. The molecule has 0 aliphatic heterocycles. The lowest BCUT2D eigenvalue weighted by molar-refractivity contribution is 0.0944. The molecule has 5 nitrogen and oxygen atoms in total. The molecule has 0 spiro atoms. The average Bonchev–Trinajstić information content (AvgIpc) is 2.19. The standard InChI is InChI=1S/C8H10N4OS/c1-5(7(9)14)12-8(13)6-4-10-2-3-11-6/h2-5H,1H3,(H2,9,14)(H,12,13). The third kappa shape index (κ3) is 2.74. The molecule has 0 aliphatic rings. The van der Waals surface area contributed by atoms with Crippen LogP contribution in [0.4, 0.5) is 0 Å². The molecule has 1 aromatic heterocycles. The van der Waals surface area contributed by atoms with Crippen LogP contribution in [-0.2, 0) is 0 Å². The van der Waals surface area contributed by atoms with Gasteiger partial charge >= 0.3 is 0 Å². The Bertz CT molecular complexity index is 340. The van der Waals surface area contributed by atoms with E-state index in [0.717, 1.165) is 0 Å². The number of amides is 1. The zero-order valence-corrected chi connectivity index (χ0v) is 8.41. The minimum Gasteiger partial charge on any atom is -0.392 e. The van der Waals surface area contributed by atoms with Gasteiger partial charge in [-0.1, -0.05) is 12.2 Å². The molecule has 0 radical (unpaired) electrons. The third-order valence-corrected chi connectivity index (χ3v) is 1.92. The van der Waals surface area contributed by atoms with Gasteiger partial charge in [0.25, 0.3) is 5.91 Å². The highest BCUT2D eigenvalue weighted by molar-refractivity contribution is 7.80. The lowest BCUT2D eigenvalue weighted by Gasteiger charge is -2.10. The summed E-state index contributed by atoms with van der Waals surface area (Å²) in [6, 6.07) is -0.348. The van der Waals surface area contributed by atoms with Gasteiger partial charge in [0, 0.05) is 12.4 Å². The fourth-order valence-corrected chi connectivity index (χ4v) is 0.817. The van der Waals surface area contributed by atoms with Gasteiger partial charge in [-0.3, -0.25) is 9.78 Å². The van der Waals surface area contributed by atoms with Gasteiger partial charge in [0.05, 0.1) is 17.2 Å². The molecule has 1 amide bonds. The Morgan fingerprint density at radius 2 is 2.36 bits per heavy atom. The second-order valence-electron chi connectivity index (χ2n) is 2.69. The van der Waals surface area contributed by atoms with E-state index in [-0.39, 0.29) is 22.6 Å². The monoisotopic (exact) mass is 210 g/mol. The lowest BCUT2D eigenvalue weighted by atomic mass is 10.3. The van der Waals surface area contributed by atoms with Crippen molar-refractivity contribution in [3.05, 3.63) is 24.3 Å². The lowest BCUT2D eigenvalue weighted by Crippen LogP contribution is -2.41. The van der Waals surface area contributed by atoms with E-state index in [1.54, 1.807) is 6.92 Å². The maximum atomic E-state index is 11.4. The van der Waals surface area contributed by atoms with Crippen molar-refractivity contribution in [3.8, 4) is 0 Å². The molecule has 0 saturated heterocycles. The number of carbonyl (C=O) groups excluding carboxylic acids is 1. The largest absolute Gasteiger partial charge is 0.392 e. The van der Waals surface area contributed by atoms with Crippen LogP contribution in [-0.4, -0.2) is 26.9 Å². The van der Waals surface area contributed by atoms with Crippen LogP contribution in [0.1, 0.15) is 17.4 Å². The van der Waals surface area contributed by atoms with Gasteiger partial charge in [-0.25, -0.2) is 4.98 Å². The fourth-order valence-electron chi connectivity index (χ4n) is 0.758. The smallest absolute Gasteiger partial charge is 0.272 e. The van der Waals surface area contributed by atoms with Crippen molar-refractivity contribution in [1.29, 1.82) is 0 Å². The molecule has 3 N–H and O–H groups in total. The molecule has 1 rings (SSSR count). The molecule has 0 aliphatic carbocycles. The Kier molecular flexibility index (Phi) is 3.47. The highest BCUT2D eigenvalue weighted by Gasteiger charge is 2.11. The van der Waals surface area contributed by atoms with E-state index in [1.807, 2.05) is 0 Å². The summed E-state index contributed by atoms with van der Waals surface area (Å²) in [5.41, 5.74) is 5.59. The molecule has 1 unspecified atom stereocenters. The Morgan fingerprint density at radius 1 is 1.64 bits per heavy atom. The molecular weight excluding hydrogens is 200 g/mol. The van der Waals surface area contributed by atoms with Gasteiger partial charge in [-0.15, -0.1) is 0 Å². The summed E-state index contributed by atoms with van der Waals surface area (Å²) in [6.45, 7) is 1.70. The Balaban J connectivity index is 2.64. The van der Waals surface area contributed by atoms with Crippen LogP contribution in [0.25, 0.3) is 0 Å². The van der Waals surface area contributed by atoms with Gasteiger partial charge < -0.3 is 11.1 Å². The van der Waals surface area contributed by atoms with Crippen LogP contribution in [0.3, 0.4) is 0 Å². The van der Waals surface area contributed by atoms with Crippen molar-refractivity contribution in [3.63, 3.8) is 0 Å². The highest BCUT2D eigenvalue weighted by atomic mass is 32.1. The SMILES string of the molecule is CC(NC(=O)c1cnccn1)C(N)=S. The van der Waals surface area contributed by atoms with Crippen molar-refractivity contribution in [2.24, 2.45) is 5.73 Å². The number of thiocarbonyl (C=S) groups is 1. The molecule has 0 saturated carbocycles. The number of nitrogens with one attached hydrogen (secondary N) is 1. The van der Waals surface area contributed by atoms with Crippen molar-refractivity contribution in [2.75, 3.05) is 0 Å². The maximum Gasteiger partial charge on any atom is 0.272 e. The van der Waals surface area contributed by atoms with E-state index in [9.17, 15) is 4.79 Å². The van der Waals surface area contributed by atoms with E-state index in [2.05, 4.69) is 15.3 Å². The Morgan fingerprint density at radius 3 is 2.86 bits per heavy atom. The molecular formula is C8H10N4OS. The molecule has 1 heterocycles. The van der Waals surface area contributed by atoms with E-state index >= 15 is 0 Å². The van der Waals surface area contributed by atoms with E-state index < -0.39 is 0 Å². The summed E-state index contributed by atoms with van der Waals surface area (Å²) in [4.78, 5) is 19.3. The van der Waals surface area contributed by atoms with Crippen molar-refractivity contribution >= 4 is 23.1 Å². The average molecular weight is 210 g/mol. The second-order valence-corrected chi connectivity index (χ2v) is 3.16. The zero-order chi connectivity index (χ0) is 10.6. The summed E-state index contributed by atoms with van der Waals surface area (Å²) in [5.74, 6) is -0.335. The summed E-state index contributed by atoms with van der Waals surface area (Å²) in [7, 11) is 0. The molecule has 74 valence electrons. The summed E-state index contributed by atoms with van der Waals surface area (Å²) in [6.07, 6.45) is 4.32. The van der Waals surface area contributed by atoms with Gasteiger partial charge in [0.1, 0.15) is 5.69 Å². The Labute approximate surface area is 86.7 Å². The topological polar surface area (TPSA) is 80.9 Å². The predicted octanol–water partition coefficient (Wildman–Crippen LogP) is -0.119. The normalized spacial score (nSPS) is 11.8. The van der Waals surface area contributed by atoms with E-state index in [0.29, 0.717) is 0 Å². The highest BCUT2D eigenvalue weighted by Crippen LogP contribution is 1.91. The van der Waals surface area contributed by atoms with Crippen molar-refractivity contribution < 1.29 is 4.79 Å². The molecule has 1 atom stereocenters. The maximum absolute atomic E-state index is 11.4. The van der Waals surface area contributed by atoms with Gasteiger partial charge in [0.15, 0.2) is 0 Å². The van der Waals surface area contributed by atoms with Gasteiger partial charge in [0.2, 0.25) is 0 Å². The first-order valence-corrected chi connectivity index (χ1v) is 4.38. The molecule has 0 bridgehead atoms. The van der Waals surface area contributed by atoms with Crippen LogP contribution < -0.4 is 11.1 Å². The van der Waals surface area contributed by atoms with Gasteiger partial charge in [-0.05, 0) is 6.92 Å². The van der Waals surface area contributed by atoms with E-state index in [4.69, 9.17) is 18.0 Å². The predicted molar refractivity (Wildman–Crippen MR) is 55.7 cm³/mol. The number of rotatable bonds is 3. The van der Waals surface area contributed by atoms with Crippen LogP contribution in [0.5, 0.6) is 0 Å². The number of hydrogen-bond donors (Lipinski definition) is 2. The zero-order valence-electron chi connectivity index (χ0n) is 7.60. The molecule has 14 heavy (non-hydrogen) atoms. The number of aromatic nitrogens is 2.